The first-order valence-electron chi connectivity index (χ1n) is 8.19. The van der Waals surface area contributed by atoms with Crippen molar-refractivity contribution in [3.8, 4) is 0 Å². The van der Waals surface area contributed by atoms with Crippen LogP contribution in [0, 0.1) is 5.92 Å². The smallest absolute Gasteiger partial charge is 0.223 e. The molecular weight excluding hydrogens is 312 g/mol. The summed E-state index contributed by atoms with van der Waals surface area (Å²) in [6, 6.07) is 10.2. The van der Waals surface area contributed by atoms with Crippen molar-refractivity contribution < 1.29 is 13.2 Å². The lowest BCUT2D eigenvalue weighted by atomic mass is 9.94. The van der Waals surface area contributed by atoms with Crippen LogP contribution in [0.15, 0.2) is 30.3 Å². The van der Waals surface area contributed by atoms with Crippen molar-refractivity contribution in [3.05, 3.63) is 35.9 Å². The average Bonchev–Trinajstić information content (AvgIpc) is 2.55. The molecule has 1 atom stereocenters. The first kappa shape index (κ1) is 17.9. The zero-order valence-electron chi connectivity index (χ0n) is 13.9. The SMILES string of the molecule is CCC(CNC(=O)C1CCN(S(C)(=O)=O)CC1)c1ccccc1. The number of benzene rings is 1. The van der Waals surface area contributed by atoms with Crippen LogP contribution in [0.3, 0.4) is 0 Å². The van der Waals surface area contributed by atoms with Crippen LogP contribution in [0.25, 0.3) is 0 Å². The molecule has 0 saturated carbocycles. The molecule has 0 spiro atoms. The summed E-state index contributed by atoms with van der Waals surface area (Å²) >= 11 is 0. The molecule has 1 aliphatic heterocycles. The van der Waals surface area contributed by atoms with E-state index in [1.807, 2.05) is 18.2 Å². The quantitative estimate of drug-likeness (QED) is 0.862. The fourth-order valence-electron chi connectivity index (χ4n) is 3.04. The van der Waals surface area contributed by atoms with Gasteiger partial charge >= 0.3 is 0 Å². The van der Waals surface area contributed by atoms with E-state index in [1.54, 1.807) is 0 Å². The maximum atomic E-state index is 12.3. The summed E-state index contributed by atoms with van der Waals surface area (Å²) in [6.45, 7) is 3.62. The maximum Gasteiger partial charge on any atom is 0.223 e. The van der Waals surface area contributed by atoms with E-state index in [2.05, 4.69) is 24.4 Å². The lowest BCUT2D eigenvalue weighted by Crippen LogP contribution is -2.43. The number of sulfonamides is 1. The highest BCUT2D eigenvalue weighted by Crippen LogP contribution is 2.21. The van der Waals surface area contributed by atoms with Gasteiger partial charge in [-0.25, -0.2) is 12.7 Å². The molecule has 1 fully saturated rings. The highest BCUT2D eigenvalue weighted by molar-refractivity contribution is 7.88. The van der Waals surface area contributed by atoms with Crippen molar-refractivity contribution in [1.82, 2.24) is 9.62 Å². The number of piperidine rings is 1. The molecule has 0 radical (unpaired) electrons. The number of nitrogens with one attached hydrogen (secondary N) is 1. The molecule has 1 aromatic rings. The second-order valence-electron chi connectivity index (χ2n) is 6.20. The molecule has 128 valence electrons. The Bertz CT molecular complexity index is 608. The van der Waals surface area contributed by atoms with E-state index in [1.165, 1.54) is 16.1 Å². The third kappa shape index (κ3) is 5.04. The lowest BCUT2D eigenvalue weighted by molar-refractivity contribution is -0.126. The Morgan fingerprint density at radius 3 is 2.39 bits per heavy atom. The summed E-state index contributed by atoms with van der Waals surface area (Å²) in [5.41, 5.74) is 1.24. The molecule has 5 nitrogen and oxygen atoms in total. The van der Waals surface area contributed by atoms with Crippen molar-refractivity contribution in [2.75, 3.05) is 25.9 Å². The molecule has 0 bridgehead atoms. The van der Waals surface area contributed by atoms with E-state index in [0.717, 1.165) is 6.42 Å². The van der Waals surface area contributed by atoms with Gasteiger partial charge in [-0.2, -0.15) is 0 Å². The largest absolute Gasteiger partial charge is 0.355 e. The standard InChI is InChI=1S/C17H26N2O3S/c1-3-14(15-7-5-4-6-8-15)13-18-17(20)16-9-11-19(12-10-16)23(2,21)22/h4-8,14,16H,3,9-13H2,1-2H3,(H,18,20). The van der Waals surface area contributed by atoms with Crippen molar-refractivity contribution in [1.29, 1.82) is 0 Å². The fraction of sp³-hybridized carbons (Fsp3) is 0.588. The van der Waals surface area contributed by atoms with E-state index in [4.69, 9.17) is 0 Å². The Labute approximate surface area is 139 Å². The summed E-state index contributed by atoms with van der Waals surface area (Å²) in [7, 11) is -3.14. The molecule has 0 aromatic heterocycles. The van der Waals surface area contributed by atoms with E-state index in [-0.39, 0.29) is 11.8 Å². The molecule has 1 aliphatic rings. The lowest BCUT2D eigenvalue weighted by Gasteiger charge is -2.29. The molecule has 1 unspecified atom stereocenters. The zero-order valence-corrected chi connectivity index (χ0v) is 14.7. The van der Waals surface area contributed by atoms with Gasteiger partial charge in [0.25, 0.3) is 0 Å². The van der Waals surface area contributed by atoms with Crippen LogP contribution < -0.4 is 5.32 Å². The van der Waals surface area contributed by atoms with Gasteiger partial charge in [-0.15, -0.1) is 0 Å². The number of carbonyl (C=O) groups excluding carboxylic acids is 1. The molecule has 0 aliphatic carbocycles. The minimum atomic E-state index is -3.14. The zero-order chi connectivity index (χ0) is 16.9. The Hall–Kier alpha value is -1.40. The molecule has 1 amide bonds. The minimum absolute atomic E-state index is 0.0486. The van der Waals surface area contributed by atoms with Crippen molar-refractivity contribution in [3.63, 3.8) is 0 Å². The maximum absolute atomic E-state index is 12.3. The van der Waals surface area contributed by atoms with Crippen LogP contribution in [0.4, 0.5) is 0 Å². The van der Waals surface area contributed by atoms with Crippen molar-refractivity contribution in [2.45, 2.75) is 32.1 Å². The molecule has 2 rings (SSSR count). The predicted molar refractivity (Wildman–Crippen MR) is 91.6 cm³/mol. The highest BCUT2D eigenvalue weighted by atomic mass is 32.2. The molecule has 1 aromatic carbocycles. The number of nitrogens with zero attached hydrogens (tertiary/aromatic N) is 1. The van der Waals surface area contributed by atoms with Gasteiger partial charge in [0, 0.05) is 31.5 Å². The second kappa shape index (κ2) is 7.93. The molecule has 1 heterocycles. The van der Waals surface area contributed by atoms with Crippen LogP contribution in [0.5, 0.6) is 0 Å². The number of carbonyl (C=O) groups is 1. The fourth-order valence-corrected chi connectivity index (χ4v) is 3.91. The van der Waals surface area contributed by atoms with Gasteiger partial charge in [0.2, 0.25) is 15.9 Å². The first-order valence-corrected chi connectivity index (χ1v) is 10.0. The Morgan fingerprint density at radius 1 is 1.26 bits per heavy atom. The summed E-state index contributed by atoms with van der Waals surface area (Å²) in [6.07, 6.45) is 3.39. The van der Waals surface area contributed by atoms with Gasteiger partial charge in [-0.3, -0.25) is 4.79 Å². The third-order valence-electron chi connectivity index (χ3n) is 4.58. The first-order chi connectivity index (χ1) is 10.9. The normalized spacial score (nSPS) is 18.5. The van der Waals surface area contributed by atoms with Crippen LogP contribution >= 0.6 is 0 Å². The minimum Gasteiger partial charge on any atom is -0.355 e. The Balaban J connectivity index is 1.83. The van der Waals surface area contributed by atoms with Gasteiger partial charge < -0.3 is 5.32 Å². The van der Waals surface area contributed by atoms with E-state index in [0.29, 0.717) is 38.4 Å². The Kier molecular flexibility index (Phi) is 6.18. The van der Waals surface area contributed by atoms with Crippen LogP contribution in [-0.4, -0.2) is 44.5 Å². The van der Waals surface area contributed by atoms with Gasteiger partial charge in [0.15, 0.2) is 0 Å². The van der Waals surface area contributed by atoms with E-state index >= 15 is 0 Å². The van der Waals surface area contributed by atoms with Gasteiger partial charge in [-0.1, -0.05) is 37.3 Å². The van der Waals surface area contributed by atoms with E-state index < -0.39 is 10.0 Å². The van der Waals surface area contributed by atoms with Gasteiger partial charge in [-0.05, 0) is 24.8 Å². The summed E-state index contributed by atoms with van der Waals surface area (Å²) in [5.74, 6) is 0.282. The third-order valence-corrected chi connectivity index (χ3v) is 5.88. The van der Waals surface area contributed by atoms with Crippen LogP contribution in [-0.2, 0) is 14.8 Å². The molecule has 1 N–H and O–H groups in total. The summed E-state index contributed by atoms with van der Waals surface area (Å²) in [5, 5.41) is 3.05. The number of rotatable bonds is 6. The number of hydrogen-bond acceptors (Lipinski definition) is 3. The molecule has 23 heavy (non-hydrogen) atoms. The van der Waals surface area contributed by atoms with Crippen molar-refractivity contribution >= 4 is 15.9 Å². The van der Waals surface area contributed by atoms with Crippen molar-refractivity contribution in [2.24, 2.45) is 5.92 Å². The summed E-state index contributed by atoms with van der Waals surface area (Å²) in [4.78, 5) is 12.3. The predicted octanol–water partition coefficient (Wildman–Crippen LogP) is 1.97. The second-order valence-corrected chi connectivity index (χ2v) is 8.18. The van der Waals surface area contributed by atoms with Gasteiger partial charge in [0.1, 0.15) is 0 Å². The number of amides is 1. The van der Waals surface area contributed by atoms with E-state index in [9.17, 15) is 13.2 Å². The Morgan fingerprint density at radius 2 is 1.87 bits per heavy atom. The topological polar surface area (TPSA) is 66.5 Å². The van der Waals surface area contributed by atoms with Crippen LogP contribution in [0.1, 0.15) is 37.7 Å². The highest BCUT2D eigenvalue weighted by Gasteiger charge is 2.29. The average molecular weight is 338 g/mol. The van der Waals surface area contributed by atoms with Gasteiger partial charge in [0.05, 0.1) is 6.26 Å². The molecule has 6 heteroatoms. The molecule has 1 saturated heterocycles. The summed E-state index contributed by atoms with van der Waals surface area (Å²) < 4.78 is 24.5. The van der Waals surface area contributed by atoms with Crippen LogP contribution in [0.2, 0.25) is 0 Å². The monoisotopic (exact) mass is 338 g/mol. The number of hydrogen-bond donors (Lipinski definition) is 1. The molecular formula is C17H26N2O3S.